The minimum absolute atomic E-state index is 1.05. The number of hydrogen-bond acceptors (Lipinski definition) is 0. The molecule has 0 N–H and O–H groups in total. The number of hydrogen-bond donors (Lipinski definition) is 0. The van der Waals surface area contributed by atoms with Gasteiger partial charge < -0.3 is 0 Å². The largest absolute Gasteiger partial charge is 0.101 e. The van der Waals surface area contributed by atoms with E-state index in [2.05, 4.69) is 17.9 Å². The highest BCUT2D eigenvalue weighted by atomic mass is 13.8. The van der Waals surface area contributed by atoms with E-state index in [4.69, 9.17) is 0 Å². The van der Waals surface area contributed by atoms with Gasteiger partial charge in [-0.15, -0.1) is 5.92 Å². The molecular weight excluding hydrogens is 108 g/mol. The molecule has 1 rings (SSSR count). The minimum Gasteiger partial charge on any atom is -0.101 e. The second-order valence-corrected chi connectivity index (χ2v) is 1.66. The molecule has 0 nitrogen and oxygen atoms in total. The van der Waals surface area contributed by atoms with Crippen molar-refractivity contribution in [3.8, 4) is 11.8 Å². The molecule has 0 saturated carbocycles. The highest BCUT2D eigenvalue weighted by Gasteiger charge is 1.77. The minimum atomic E-state index is 1.05. The first-order valence-electron chi connectivity index (χ1n) is 2.82. The molecule has 0 saturated heterocycles. The van der Waals surface area contributed by atoms with Crippen LogP contribution >= 0.6 is 0 Å². The van der Waals surface area contributed by atoms with Crippen molar-refractivity contribution in [3.05, 3.63) is 35.9 Å². The normalized spacial score (nSPS) is 7.67. The van der Waals surface area contributed by atoms with Crippen LogP contribution in [0.5, 0.6) is 0 Å². The van der Waals surface area contributed by atoms with E-state index < -0.39 is 0 Å². The predicted octanol–water partition coefficient (Wildman–Crippen LogP) is 1.86. The molecule has 0 heterocycles. The fourth-order valence-electron chi connectivity index (χ4n) is 0.615. The average Bonchev–Trinajstić information content (AvgIpc) is 1.91. The van der Waals surface area contributed by atoms with Crippen molar-refractivity contribution in [1.29, 1.82) is 0 Å². The Kier molecular flexibility index (Phi) is 1.93. The van der Waals surface area contributed by atoms with Gasteiger partial charge in [0.25, 0.3) is 0 Å². The summed E-state index contributed by atoms with van der Waals surface area (Å²) in [6.45, 7) is 1.83. The molecule has 1 radical (unpaired) electrons. The van der Waals surface area contributed by atoms with Gasteiger partial charge in [-0.1, -0.05) is 18.1 Å². The van der Waals surface area contributed by atoms with Crippen LogP contribution in [0.4, 0.5) is 0 Å². The van der Waals surface area contributed by atoms with Crippen molar-refractivity contribution in [1.82, 2.24) is 0 Å². The Morgan fingerprint density at radius 1 is 1.33 bits per heavy atom. The smallest absolute Gasteiger partial charge is 0.0245 e. The lowest BCUT2D eigenvalue weighted by atomic mass is 10.2. The lowest BCUT2D eigenvalue weighted by Gasteiger charge is -1.83. The first-order chi connectivity index (χ1) is 4.43. The van der Waals surface area contributed by atoms with E-state index in [1.165, 1.54) is 0 Å². The van der Waals surface area contributed by atoms with Crippen LogP contribution in [-0.4, -0.2) is 0 Å². The van der Waals surface area contributed by atoms with E-state index in [1.807, 2.05) is 31.2 Å². The van der Waals surface area contributed by atoms with Gasteiger partial charge >= 0.3 is 0 Å². The van der Waals surface area contributed by atoms with Crippen LogP contribution in [0.25, 0.3) is 0 Å². The van der Waals surface area contributed by atoms with Crippen LogP contribution in [0.1, 0.15) is 12.5 Å². The third-order valence-electron chi connectivity index (χ3n) is 0.988. The zero-order valence-corrected chi connectivity index (χ0v) is 5.31. The van der Waals surface area contributed by atoms with Gasteiger partial charge in [-0.05, 0) is 25.1 Å². The van der Waals surface area contributed by atoms with E-state index in [-0.39, 0.29) is 0 Å². The van der Waals surface area contributed by atoms with E-state index in [0.717, 1.165) is 5.56 Å². The summed E-state index contributed by atoms with van der Waals surface area (Å²) in [4.78, 5) is 0. The summed E-state index contributed by atoms with van der Waals surface area (Å²) < 4.78 is 0. The zero-order chi connectivity index (χ0) is 6.53. The van der Waals surface area contributed by atoms with Crippen molar-refractivity contribution in [3.63, 3.8) is 0 Å². The summed E-state index contributed by atoms with van der Waals surface area (Å²) in [7, 11) is 0. The summed E-state index contributed by atoms with van der Waals surface area (Å²) in [6, 6.07) is 10.5. The molecule has 1 aromatic carbocycles. The molecule has 9 heavy (non-hydrogen) atoms. The van der Waals surface area contributed by atoms with E-state index in [0.29, 0.717) is 0 Å². The van der Waals surface area contributed by atoms with Gasteiger partial charge in [-0.2, -0.15) is 0 Å². The lowest BCUT2D eigenvalue weighted by Crippen LogP contribution is -1.68. The van der Waals surface area contributed by atoms with Crippen molar-refractivity contribution in [2.24, 2.45) is 0 Å². The van der Waals surface area contributed by atoms with Crippen LogP contribution < -0.4 is 0 Å². The first-order valence-corrected chi connectivity index (χ1v) is 2.82. The molecule has 0 unspecified atom stereocenters. The molecule has 0 amide bonds. The molecule has 0 aromatic heterocycles. The fraction of sp³-hybridized carbons (Fsp3) is 0.111. The van der Waals surface area contributed by atoms with E-state index in [9.17, 15) is 0 Å². The quantitative estimate of drug-likeness (QED) is 0.453. The van der Waals surface area contributed by atoms with Gasteiger partial charge in [0, 0.05) is 5.56 Å². The summed E-state index contributed by atoms with van der Waals surface area (Å²) in [5.41, 5.74) is 1.05. The summed E-state index contributed by atoms with van der Waals surface area (Å²) in [5.74, 6) is 5.76. The van der Waals surface area contributed by atoms with Gasteiger partial charge in [-0.3, -0.25) is 0 Å². The maximum Gasteiger partial charge on any atom is 0.0245 e. The molecule has 0 atom stereocenters. The first kappa shape index (κ1) is 5.91. The Balaban J connectivity index is 2.94. The van der Waals surface area contributed by atoms with Crippen molar-refractivity contribution in [2.45, 2.75) is 6.92 Å². The Bertz CT molecular complexity index is 223. The van der Waals surface area contributed by atoms with Crippen molar-refractivity contribution in [2.75, 3.05) is 0 Å². The molecule has 1 aromatic rings. The molecular formula is C9H7. The molecule has 0 aliphatic rings. The molecule has 0 bridgehead atoms. The van der Waals surface area contributed by atoms with Gasteiger partial charge in [0.15, 0.2) is 0 Å². The van der Waals surface area contributed by atoms with Crippen molar-refractivity contribution >= 4 is 0 Å². The molecule has 0 heteroatoms. The maximum absolute atomic E-state index is 2.94. The summed E-state index contributed by atoms with van der Waals surface area (Å²) >= 11 is 0. The number of benzene rings is 1. The van der Waals surface area contributed by atoms with Gasteiger partial charge in [0.1, 0.15) is 0 Å². The van der Waals surface area contributed by atoms with Crippen LogP contribution in [0.2, 0.25) is 0 Å². The predicted molar refractivity (Wildman–Crippen MR) is 37.8 cm³/mol. The van der Waals surface area contributed by atoms with Crippen LogP contribution in [0.3, 0.4) is 0 Å². The second-order valence-electron chi connectivity index (χ2n) is 1.66. The van der Waals surface area contributed by atoms with E-state index >= 15 is 0 Å². The van der Waals surface area contributed by atoms with E-state index in [1.54, 1.807) is 0 Å². The zero-order valence-electron chi connectivity index (χ0n) is 5.31. The Morgan fingerprint density at radius 2 is 2.00 bits per heavy atom. The Labute approximate surface area is 55.5 Å². The monoisotopic (exact) mass is 115 g/mol. The summed E-state index contributed by atoms with van der Waals surface area (Å²) in [5, 5.41) is 0. The number of rotatable bonds is 0. The summed E-state index contributed by atoms with van der Waals surface area (Å²) in [6.07, 6.45) is 0. The lowest BCUT2D eigenvalue weighted by molar-refractivity contribution is 1.63. The van der Waals surface area contributed by atoms with Gasteiger partial charge in [0.2, 0.25) is 0 Å². The molecule has 43 valence electrons. The fourth-order valence-corrected chi connectivity index (χ4v) is 0.615. The second kappa shape index (κ2) is 2.94. The average molecular weight is 115 g/mol. The third-order valence-corrected chi connectivity index (χ3v) is 0.988. The van der Waals surface area contributed by atoms with Gasteiger partial charge in [-0.25, -0.2) is 0 Å². The van der Waals surface area contributed by atoms with Gasteiger partial charge in [0.05, 0.1) is 0 Å². The standard InChI is InChI=1S/C9H7/c1-2-6-9-7-4-3-5-8-9/h4-5,7-8H,1H3. The van der Waals surface area contributed by atoms with Crippen LogP contribution in [0, 0.1) is 17.9 Å². The Hall–Kier alpha value is -1.22. The molecule has 0 aliphatic heterocycles. The van der Waals surface area contributed by atoms with Crippen LogP contribution in [0.15, 0.2) is 24.3 Å². The maximum atomic E-state index is 2.94. The van der Waals surface area contributed by atoms with Crippen molar-refractivity contribution < 1.29 is 0 Å². The molecule has 0 spiro atoms. The molecule has 0 fully saturated rings. The third kappa shape index (κ3) is 1.62. The Morgan fingerprint density at radius 3 is 2.56 bits per heavy atom. The molecule has 0 aliphatic carbocycles. The highest BCUT2D eigenvalue weighted by Crippen LogP contribution is 1.93. The SMILES string of the molecule is CC#Cc1cc[c]cc1. The topological polar surface area (TPSA) is 0 Å². The van der Waals surface area contributed by atoms with Crippen LogP contribution in [-0.2, 0) is 0 Å². The highest BCUT2D eigenvalue weighted by molar-refractivity contribution is 5.32.